The number of nitrogens with one attached hydrogen (secondary N) is 1. The van der Waals surface area contributed by atoms with Crippen LogP contribution in [-0.4, -0.2) is 25.7 Å². The second kappa shape index (κ2) is 9.62. The Morgan fingerprint density at radius 3 is 2.66 bits per heavy atom. The van der Waals surface area contributed by atoms with Gasteiger partial charge in [0.2, 0.25) is 5.88 Å². The minimum Gasteiger partial charge on any atom is -0.473 e. The monoisotopic (exact) mass is 447 g/mol. The number of amides is 1. The predicted molar refractivity (Wildman–Crippen MR) is 122 cm³/mol. The van der Waals surface area contributed by atoms with Crippen molar-refractivity contribution in [2.45, 2.75) is 27.0 Å². The maximum atomic E-state index is 12.9. The molecule has 0 spiro atoms. The zero-order valence-corrected chi connectivity index (χ0v) is 18.5. The molecule has 8 heteroatoms. The van der Waals surface area contributed by atoms with Crippen LogP contribution >= 0.6 is 11.6 Å². The Hall–Kier alpha value is -3.71. The summed E-state index contributed by atoms with van der Waals surface area (Å²) in [6.07, 6.45) is 1.65. The van der Waals surface area contributed by atoms with E-state index in [1.54, 1.807) is 29.1 Å². The van der Waals surface area contributed by atoms with Gasteiger partial charge in [0.25, 0.3) is 5.91 Å². The number of aromatic nitrogens is 4. The van der Waals surface area contributed by atoms with Crippen molar-refractivity contribution >= 4 is 17.5 Å². The van der Waals surface area contributed by atoms with E-state index in [-0.39, 0.29) is 17.3 Å². The molecule has 0 radical (unpaired) electrons. The number of hydrogen-bond acceptors (Lipinski definition) is 5. The lowest BCUT2D eigenvalue weighted by Crippen LogP contribution is -2.25. The van der Waals surface area contributed by atoms with Crippen LogP contribution in [0.2, 0.25) is 5.02 Å². The Balaban J connectivity index is 1.47. The van der Waals surface area contributed by atoms with Gasteiger partial charge in [-0.3, -0.25) is 4.79 Å². The highest BCUT2D eigenvalue weighted by atomic mass is 35.5. The fraction of sp³-hybridized carbons (Fsp3) is 0.167. The lowest BCUT2D eigenvalue weighted by atomic mass is 10.2. The molecule has 7 nitrogen and oxygen atoms in total. The first kappa shape index (κ1) is 21.5. The molecule has 0 aliphatic rings. The van der Waals surface area contributed by atoms with Crippen molar-refractivity contribution in [3.8, 4) is 11.7 Å². The molecule has 32 heavy (non-hydrogen) atoms. The first-order valence-electron chi connectivity index (χ1n) is 10.1. The molecule has 1 N–H and O–H groups in total. The molecule has 1 amide bonds. The number of pyridine rings is 2. The Labute approximate surface area is 191 Å². The Kier molecular flexibility index (Phi) is 6.47. The number of ether oxygens (including phenoxy) is 1. The van der Waals surface area contributed by atoms with E-state index in [1.807, 2.05) is 56.3 Å². The summed E-state index contributed by atoms with van der Waals surface area (Å²) in [6.45, 7) is 4.43. The Morgan fingerprint density at radius 1 is 1.09 bits per heavy atom. The number of nitrogens with zero attached hydrogens (tertiary/aromatic N) is 4. The zero-order chi connectivity index (χ0) is 22.5. The zero-order valence-electron chi connectivity index (χ0n) is 17.7. The quantitative estimate of drug-likeness (QED) is 0.453. The molecule has 0 atom stereocenters. The van der Waals surface area contributed by atoms with Crippen molar-refractivity contribution in [2.75, 3.05) is 0 Å². The van der Waals surface area contributed by atoms with Crippen LogP contribution in [0.3, 0.4) is 0 Å². The highest BCUT2D eigenvalue weighted by Gasteiger charge is 2.16. The Bertz CT molecular complexity index is 1240. The van der Waals surface area contributed by atoms with E-state index in [4.69, 9.17) is 16.3 Å². The van der Waals surface area contributed by atoms with Gasteiger partial charge in [-0.2, -0.15) is 5.10 Å². The van der Waals surface area contributed by atoms with Gasteiger partial charge in [0.15, 0.2) is 5.82 Å². The molecular formula is C24H22ClN5O2. The summed E-state index contributed by atoms with van der Waals surface area (Å²) in [5.74, 6) is 0.599. The van der Waals surface area contributed by atoms with E-state index in [9.17, 15) is 4.79 Å². The average molecular weight is 448 g/mol. The number of rotatable bonds is 7. The molecule has 4 rings (SSSR count). The van der Waals surface area contributed by atoms with Crippen LogP contribution in [0.5, 0.6) is 5.88 Å². The lowest BCUT2D eigenvalue weighted by molar-refractivity contribution is 0.0945. The molecule has 0 bridgehead atoms. The first-order chi connectivity index (χ1) is 15.5. The maximum Gasteiger partial charge on any atom is 0.271 e. The second-order valence-corrected chi connectivity index (χ2v) is 7.67. The summed E-state index contributed by atoms with van der Waals surface area (Å²) >= 11 is 6.26. The van der Waals surface area contributed by atoms with Gasteiger partial charge < -0.3 is 10.1 Å². The van der Waals surface area contributed by atoms with Gasteiger partial charge in [-0.05, 0) is 43.7 Å². The standard InChI is InChI=1S/C24H22ClN5O2/c1-16-13-17(2)30(29-16)21-11-10-20(25)22(28-21)23(31)27-14-19-9-6-12-26-24(19)32-15-18-7-4-3-5-8-18/h3-13H,14-15H2,1-2H3,(H,27,31). The molecule has 0 aliphatic carbocycles. The van der Waals surface area contributed by atoms with Crippen molar-refractivity contribution in [1.82, 2.24) is 25.1 Å². The van der Waals surface area contributed by atoms with E-state index < -0.39 is 5.91 Å². The number of carbonyl (C=O) groups excluding carboxylic acids is 1. The van der Waals surface area contributed by atoms with Gasteiger partial charge in [-0.25, -0.2) is 14.6 Å². The van der Waals surface area contributed by atoms with Crippen molar-refractivity contribution < 1.29 is 9.53 Å². The van der Waals surface area contributed by atoms with Gasteiger partial charge in [0, 0.05) is 24.0 Å². The summed E-state index contributed by atoms with van der Waals surface area (Å²) in [5, 5.41) is 7.54. The van der Waals surface area contributed by atoms with Gasteiger partial charge in [-0.15, -0.1) is 0 Å². The SMILES string of the molecule is Cc1cc(C)n(-c2ccc(Cl)c(C(=O)NCc3cccnc3OCc3ccccc3)n2)n1. The van der Waals surface area contributed by atoms with E-state index in [0.717, 1.165) is 22.5 Å². The fourth-order valence-corrected chi connectivity index (χ4v) is 3.43. The smallest absolute Gasteiger partial charge is 0.271 e. The third-order valence-corrected chi connectivity index (χ3v) is 5.09. The summed E-state index contributed by atoms with van der Waals surface area (Å²) in [5.41, 5.74) is 3.70. The highest BCUT2D eigenvalue weighted by Crippen LogP contribution is 2.19. The van der Waals surface area contributed by atoms with E-state index in [1.165, 1.54) is 0 Å². The number of carbonyl (C=O) groups is 1. The van der Waals surface area contributed by atoms with Gasteiger partial charge in [-0.1, -0.05) is 48.0 Å². The van der Waals surface area contributed by atoms with Gasteiger partial charge in [0.1, 0.15) is 12.3 Å². The van der Waals surface area contributed by atoms with Crippen LogP contribution in [-0.2, 0) is 13.2 Å². The highest BCUT2D eigenvalue weighted by molar-refractivity contribution is 6.33. The van der Waals surface area contributed by atoms with Crippen LogP contribution in [0.15, 0.2) is 66.9 Å². The van der Waals surface area contributed by atoms with Crippen molar-refractivity contribution in [1.29, 1.82) is 0 Å². The number of aryl methyl sites for hydroxylation is 2. The topological polar surface area (TPSA) is 81.9 Å². The third kappa shape index (κ3) is 4.95. The molecule has 4 aromatic rings. The van der Waals surface area contributed by atoms with Crippen LogP contribution in [0.1, 0.15) is 33.0 Å². The van der Waals surface area contributed by atoms with Crippen LogP contribution in [0.25, 0.3) is 5.82 Å². The molecular weight excluding hydrogens is 426 g/mol. The van der Waals surface area contributed by atoms with E-state index in [2.05, 4.69) is 20.4 Å². The second-order valence-electron chi connectivity index (χ2n) is 7.26. The molecule has 162 valence electrons. The number of halogens is 1. The molecule has 0 saturated heterocycles. The lowest BCUT2D eigenvalue weighted by Gasteiger charge is -2.12. The number of hydrogen-bond donors (Lipinski definition) is 1. The predicted octanol–water partition coefficient (Wildman–Crippen LogP) is 4.44. The van der Waals surface area contributed by atoms with Gasteiger partial charge in [0.05, 0.1) is 10.7 Å². The average Bonchev–Trinajstić information content (AvgIpc) is 3.15. The first-order valence-corrected chi connectivity index (χ1v) is 10.5. The van der Waals surface area contributed by atoms with Gasteiger partial charge >= 0.3 is 0 Å². The molecule has 0 saturated carbocycles. The van der Waals surface area contributed by atoms with E-state index in [0.29, 0.717) is 18.3 Å². The van der Waals surface area contributed by atoms with Crippen molar-refractivity contribution in [2.24, 2.45) is 0 Å². The molecule has 0 aliphatic heterocycles. The fourth-order valence-electron chi connectivity index (χ4n) is 3.24. The summed E-state index contributed by atoms with van der Waals surface area (Å²) < 4.78 is 7.54. The van der Waals surface area contributed by atoms with Crippen molar-refractivity contribution in [3.63, 3.8) is 0 Å². The number of benzene rings is 1. The van der Waals surface area contributed by atoms with Crippen LogP contribution < -0.4 is 10.1 Å². The normalized spacial score (nSPS) is 10.7. The molecule has 3 heterocycles. The maximum absolute atomic E-state index is 12.9. The molecule has 0 fully saturated rings. The third-order valence-electron chi connectivity index (χ3n) is 4.78. The van der Waals surface area contributed by atoms with Crippen molar-refractivity contribution in [3.05, 3.63) is 100 Å². The summed E-state index contributed by atoms with van der Waals surface area (Å²) in [7, 11) is 0. The van der Waals surface area contributed by atoms with E-state index >= 15 is 0 Å². The molecule has 1 aromatic carbocycles. The Morgan fingerprint density at radius 2 is 1.91 bits per heavy atom. The summed E-state index contributed by atoms with van der Waals surface area (Å²) in [6, 6.07) is 18.8. The summed E-state index contributed by atoms with van der Waals surface area (Å²) in [4.78, 5) is 21.6. The van der Waals surface area contributed by atoms with Crippen LogP contribution in [0, 0.1) is 13.8 Å². The molecule has 3 aromatic heterocycles. The minimum atomic E-state index is -0.392. The minimum absolute atomic E-state index is 0.132. The van der Waals surface area contributed by atoms with Crippen LogP contribution in [0.4, 0.5) is 0 Å². The molecule has 0 unspecified atom stereocenters. The largest absolute Gasteiger partial charge is 0.473 e.